The number of hydrogen-bond donors (Lipinski definition) is 0. The zero-order chi connectivity index (χ0) is 7.84. The minimum atomic E-state index is 0.504. The maximum atomic E-state index is 5.77. The number of imidazole rings is 1. The Morgan fingerprint density at radius 2 is 2.36 bits per heavy atom. The normalized spacial score (nSPS) is 10.7. The molecule has 0 amide bonds. The molecule has 2 rings (SSSR count). The van der Waals surface area contributed by atoms with Crippen LogP contribution in [0.3, 0.4) is 0 Å². The molecule has 0 bridgehead atoms. The lowest BCUT2D eigenvalue weighted by Crippen LogP contribution is -1.90. The maximum Gasteiger partial charge on any atom is 0.163 e. The van der Waals surface area contributed by atoms with E-state index >= 15 is 0 Å². The largest absolute Gasteiger partial charge is 0.214 e. The first-order valence-corrected chi connectivity index (χ1v) is 4.39. The number of hydrogen-bond acceptors (Lipinski definition) is 2. The standard InChI is InChI=1S/C6H3ClIN3/c7-5-6(8)11-4(10-5)2-1-3-9-11/h1-3H. The molecular weight excluding hydrogens is 276 g/mol. The highest BCUT2D eigenvalue weighted by atomic mass is 127. The van der Waals surface area contributed by atoms with Crippen LogP contribution in [0.1, 0.15) is 0 Å². The molecule has 2 aromatic rings. The van der Waals surface area contributed by atoms with E-state index in [9.17, 15) is 0 Å². The van der Waals surface area contributed by atoms with Crippen molar-refractivity contribution in [3.8, 4) is 0 Å². The molecule has 0 aliphatic rings. The summed E-state index contributed by atoms with van der Waals surface area (Å²) in [4.78, 5) is 4.07. The van der Waals surface area contributed by atoms with Crippen molar-refractivity contribution < 1.29 is 0 Å². The Labute approximate surface area is 81.5 Å². The summed E-state index contributed by atoms with van der Waals surface area (Å²) in [5, 5.41) is 4.57. The van der Waals surface area contributed by atoms with Gasteiger partial charge in [0.25, 0.3) is 0 Å². The average molecular weight is 279 g/mol. The van der Waals surface area contributed by atoms with Crippen molar-refractivity contribution in [2.24, 2.45) is 0 Å². The van der Waals surface area contributed by atoms with Crippen molar-refractivity contribution in [1.29, 1.82) is 0 Å². The van der Waals surface area contributed by atoms with Gasteiger partial charge in [-0.15, -0.1) is 0 Å². The molecule has 0 saturated heterocycles. The van der Waals surface area contributed by atoms with Gasteiger partial charge in [0.2, 0.25) is 0 Å². The molecule has 11 heavy (non-hydrogen) atoms. The van der Waals surface area contributed by atoms with Gasteiger partial charge in [0, 0.05) is 6.20 Å². The molecule has 0 aromatic carbocycles. The van der Waals surface area contributed by atoms with E-state index in [1.54, 1.807) is 10.7 Å². The second-order valence-electron chi connectivity index (χ2n) is 1.99. The lowest BCUT2D eigenvalue weighted by molar-refractivity contribution is 0.913. The van der Waals surface area contributed by atoms with E-state index in [-0.39, 0.29) is 0 Å². The summed E-state index contributed by atoms with van der Waals surface area (Å²) in [6, 6.07) is 3.69. The summed E-state index contributed by atoms with van der Waals surface area (Å²) < 4.78 is 2.54. The average Bonchev–Trinajstić information content (AvgIpc) is 2.30. The summed E-state index contributed by atoms with van der Waals surface area (Å²) in [5.74, 6) is 0. The zero-order valence-electron chi connectivity index (χ0n) is 5.33. The van der Waals surface area contributed by atoms with Gasteiger partial charge in [-0.05, 0) is 34.7 Å². The molecule has 2 heterocycles. The Morgan fingerprint density at radius 3 is 3.09 bits per heavy atom. The van der Waals surface area contributed by atoms with Crippen molar-refractivity contribution in [2.75, 3.05) is 0 Å². The molecule has 2 aromatic heterocycles. The predicted molar refractivity (Wildman–Crippen MR) is 50.7 cm³/mol. The van der Waals surface area contributed by atoms with Crippen molar-refractivity contribution in [2.45, 2.75) is 0 Å². The van der Waals surface area contributed by atoms with Crippen molar-refractivity contribution in [1.82, 2.24) is 14.6 Å². The van der Waals surface area contributed by atoms with E-state index in [1.165, 1.54) is 0 Å². The summed E-state index contributed by atoms with van der Waals surface area (Å²) in [6.45, 7) is 0. The highest BCUT2D eigenvalue weighted by Crippen LogP contribution is 2.17. The highest BCUT2D eigenvalue weighted by Gasteiger charge is 2.05. The van der Waals surface area contributed by atoms with Crippen LogP contribution in [0.25, 0.3) is 5.65 Å². The first-order chi connectivity index (χ1) is 5.29. The number of fused-ring (bicyclic) bond motifs is 1. The molecule has 0 aliphatic carbocycles. The zero-order valence-corrected chi connectivity index (χ0v) is 8.24. The monoisotopic (exact) mass is 279 g/mol. The first kappa shape index (κ1) is 7.30. The van der Waals surface area contributed by atoms with Crippen molar-refractivity contribution in [3.05, 3.63) is 27.2 Å². The van der Waals surface area contributed by atoms with Gasteiger partial charge in [0.05, 0.1) is 0 Å². The van der Waals surface area contributed by atoms with Gasteiger partial charge < -0.3 is 0 Å². The van der Waals surface area contributed by atoms with Gasteiger partial charge in [-0.3, -0.25) is 0 Å². The van der Waals surface area contributed by atoms with Crippen LogP contribution < -0.4 is 0 Å². The summed E-state index contributed by atoms with van der Waals surface area (Å²) in [6.07, 6.45) is 1.70. The predicted octanol–water partition coefficient (Wildman–Crippen LogP) is 1.99. The summed E-state index contributed by atoms with van der Waals surface area (Å²) in [5.41, 5.74) is 0.780. The Hall–Kier alpha value is -0.360. The Bertz CT molecular complexity index is 398. The molecule has 0 atom stereocenters. The van der Waals surface area contributed by atoms with Gasteiger partial charge in [0.15, 0.2) is 10.8 Å². The van der Waals surface area contributed by atoms with Crippen LogP contribution >= 0.6 is 34.2 Å². The van der Waals surface area contributed by atoms with Crippen LogP contribution in [0.4, 0.5) is 0 Å². The minimum Gasteiger partial charge on any atom is -0.214 e. The number of nitrogens with zero attached hydrogens (tertiary/aromatic N) is 3. The lowest BCUT2D eigenvalue weighted by atomic mass is 10.6. The molecule has 5 heteroatoms. The fourth-order valence-electron chi connectivity index (χ4n) is 0.834. The molecular formula is C6H3ClIN3. The van der Waals surface area contributed by atoms with Crippen molar-refractivity contribution in [3.63, 3.8) is 0 Å². The molecule has 0 saturated carbocycles. The molecule has 3 nitrogen and oxygen atoms in total. The molecule has 0 spiro atoms. The van der Waals surface area contributed by atoms with E-state index < -0.39 is 0 Å². The molecule has 0 unspecified atom stereocenters. The highest BCUT2D eigenvalue weighted by molar-refractivity contribution is 14.1. The number of halogens is 2. The van der Waals surface area contributed by atoms with E-state index in [2.05, 4.69) is 32.7 Å². The third-order valence-corrected chi connectivity index (χ3v) is 2.85. The first-order valence-electron chi connectivity index (χ1n) is 2.94. The van der Waals surface area contributed by atoms with Gasteiger partial charge in [-0.2, -0.15) is 5.10 Å². The molecule has 0 radical (unpaired) electrons. The Kier molecular flexibility index (Phi) is 1.72. The lowest BCUT2D eigenvalue weighted by Gasteiger charge is -1.89. The van der Waals surface area contributed by atoms with Crippen LogP contribution in [-0.4, -0.2) is 14.6 Å². The SMILES string of the molecule is Clc1nc2cccnn2c1I. The Morgan fingerprint density at radius 1 is 1.55 bits per heavy atom. The molecule has 0 fully saturated rings. The molecule has 0 aliphatic heterocycles. The minimum absolute atomic E-state index is 0.504. The fraction of sp³-hybridized carbons (Fsp3) is 0. The second kappa shape index (κ2) is 2.60. The van der Waals surface area contributed by atoms with Gasteiger partial charge >= 0.3 is 0 Å². The van der Waals surface area contributed by atoms with Crippen LogP contribution in [0.2, 0.25) is 5.15 Å². The maximum absolute atomic E-state index is 5.77. The van der Waals surface area contributed by atoms with Crippen LogP contribution in [0.15, 0.2) is 18.3 Å². The quantitative estimate of drug-likeness (QED) is 0.690. The summed E-state index contributed by atoms with van der Waals surface area (Å²) in [7, 11) is 0. The van der Waals surface area contributed by atoms with Crippen LogP contribution in [-0.2, 0) is 0 Å². The third-order valence-electron chi connectivity index (χ3n) is 1.30. The topological polar surface area (TPSA) is 30.2 Å². The van der Waals surface area contributed by atoms with Crippen LogP contribution in [0, 0.1) is 3.70 Å². The van der Waals surface area contributed by atoms with Gasteiger partial charge in [0.1, 0.15) is 3.70 Å². The Balaban J connectivity index is 2.92. The van der Waals surface area contributed by atoms with E-state index in [4.69, 9.17) is 11.6 Å². The number of rotatable bonds is 0. The molecule has 0 N–H and O–H groups in total. The number of aromatic nitrogens is 3. The van der Waals surface area contributed by atoms with Crippen LogP contribution in [0.5, 0.6) is 0 Å². The van der Waals surface area contributed by atoms with Crippen molar-refractivity contribution >= 4 is 39.8 Å². The fourth-order valence-corrected chi connectivity index (χ4v) is 1.49. The second-order valence-corrected chi connectivity index (χ2v) is 3.37. The third kappa shape index (κ3) is 1.10. The molecule has 56 valence electrons. The van der Waals surface area contributed by atoms with E-state index in [0.29, 0.717) is 5.15 Å². The van der Waals surface area contributed by atoms with Gasteiger partial charge in [-0.1, -0.05) is 11.6 Å². The van der Waals surface area contributed by atoms with E-state index in [0.717, 1.165) is 9.35 Å². The smallest absolute Gasteiger partial charge is 0.163 e. The summed E-state index contributed by atoms with van der Waals surface area (Å²) >= 11 is 7.88. The van der Waals surface area contributed by atoms with E-state index in [1.807, 2.05) is 12.1 Å². The van der Waals surface area contributed by atoms with Gasteiger partial charge in [-0.25, -0.2) is 9.50 Å².